The lowest BCUT2D eigenvalue weighted by molar-refractivity contribution is -0.133. The standard InChI is InChI=1S/C19H20FN5O2/c1-13-3-2-8-23(10-13)17(26)11-24-12-21-18-16(19(24)27)9-22-25(18)15-6-4-14(20)5-7-15/h4-7,9,12-13H,2-3,8,10-11H2,1H3/t13-/m1/s1. The van der Waals surface area contributed by atoms with Gasteiger partial charge in [0.1, 0.15) is 24.1 Å². The third-order valence-corrected chi connectivity index (χ3v) is 4.94. The van der Waals surface area contributed by atoms with Gasteiger partial charge in [-0.25, -0.2) is 14.1 Å². The molecule has 140 valence electrons. The van der Waals surface area contributed by atoms with E-state index in [1.165, 1.54) is 33.9 Å². The summed E-state index contributed by atoms with van der Waals surface area (Å²) in [5, 5.41) is 4.52. The number of likely N-dealkylation sites (tertiary alicyclic amines) is 1. The molecule has 1 amide bonds. The number of halogens is 1. The molecule has 1 atom stereocenters. The van der Waals surface area contributed by atoms with Crippen LogP contribution in [0.25, 0.3) is 16.7 Å². The second-order valence-corrected chi connectivity index (χ2v) is 7.03. The third kappa shape index (κ3) is 3.34. The molecule has 1 aliphatic rings. The van der Waals surface area contributed by atoms with Crippen molar-refractivity contribution < 1.29 is 9.18 Å². The van der Waals surface area contributed by atoms with Gasteiger partial charge in [-0.15, -0.1) is 0 Å². The van der Waals surface area contributed by atoms with Crippen LogP contribution in [-0.2, 0) is 11.3 Å². The molecule has 0 unspecified atom stereocenters. The number of carbonyl (C=O) groups is 1. The van der Waals surface area contributed by atoms with Crippen molar-refractivity contribution in [3.05, 3.63) is 53.0 Å². The quantitative estimate of drug-likeness (QED) is 0.708. The molecule has 0 aliphatic carbocycles. The van der Waals surface area contributed by atoms with Crippen molar-refractivity contribution in [1.29, 1.82) is 0 Å². The lowest BCUT2D eigenvalue weighted by atomic mass is 10.0. The Bertz CT molecular complexity index is 1040. The number of hydrogen-bond donors (Lipinski definition) is 0. The number of amides is 1. The highest BCUT2D eigenvalue weighted by molar-refractivity contribution is 5.78. The maximum atomic E-state index is 13.1. The lowest BCUT2D eigenvalue weighted by Gasteiger charge is -2.31. The van der Waals surface area contributed by atoms with Gasteiger partial charge in [0.15, 0.2) is 5.65 Å². The Morgan fingerprint density at radius 1 is 1.30 bits per heavy atom. The number of fused-ring (bicyclic) bond motifs is 1. The van der Waals surface area contributed by atoms with Gasteiger partial charge in [0.25, 0.3) is 5.56 Å². The molecule has 27 heavy (non-hydrogen) atoms. The maximum Gasteiger partial charge on any atom is 0.264 e. The zero-order chi connectivity index (χ0) is 19.0. The minimum atomic E-state index is -0.351. The summed E-state index contributed by atoms with van der Waals surface area (Å²) in [5.74, 6) is 0.0563. The average Bonchev–Trinajstić information content (AvgIpc) is 3.09. The summed E-state index contributed by atoms with van der Waals surface area (Å²) < 4.78 is 15.9. The normalized spacial score (nSPS) is 17.4. The molecule has 4 rings (SSSR count). The second-order valence-electron chi connectivity index (χ2n) is 7.03. The van der Waals surface area contributed by atoms with E-state index in [0.29, 0.717) is 22.6 Å². The van der Waals surface area contributed by atoms with E-state index in [4.69, 9.17) is 0 Å². The van der Waals surface area contributed by atoms with Gasteiger partial charge < -0.3 is 4.90 Å². The molecule has 3 aromatic rings. The van der Waals surface area contributed by atoms with Crippen LogP contribution in [0.1, 0.15) is 19.8 Å². The average molecular weight is 369 g/mol. The van der Waals surface area contributed by atoms with Gasteiger partial charge in [-0.3, -0.25) is 14.2 Å². The van der Waals surface area contributed by atoms with Crippen LogP contribution in [0, 0.1) is 11.7 Å². The Hall–Kier alpha value is -3.03. The summed E-state index contributed by atoms with van der Waals surface area (Å²) >= 11 is 0. The van der Waals surface area contributed by atoms with E-state index in [2.05, 4.69) is 17.0 Å². The smallest absolute Gasteiger partial charge is 0.264 e. The van der Waals surface area contributed by atoms with Crippen LogP contribution in [0.5, 0.6) is 0 Å². The van der Waals surface area contributed by atoms with E-state index in [0.717, 1.165) is 25.9 Å². The molecule has 7 nitrogen and oxygen atoms in total. The molecule has 1 aliphatic heterocycles. The topological polar surface area (TPSA) is 73.0 Å². The zero-order valence-corrected chi connectivity index (χ0v) is 15.0. The van der Waals surface area contributed by atoms with Crippen LogP contribution in [0.15, 0.2) is 41.6 Å². The molecule has 8 heteroatoms. The molecule has 1 aromatic carbocycles. The van der Waals surface area contributed by atoms with Gasteiger partial charge in [-0.2, -0.15) is 5.10 Å². The van der Waals surface area contributed by atoms with Crippen molar-refractivity contribution in [1.82, 2.24) is 24.2 Å². The van der Waals surface area contributed by atoms with Crippen LogP contribution in [0.4, 0.5) is 4.39 Å². The van der Waals surface area contributed by atoms with Crippen LogP contribution in [0.3, 0.4) is 0 Å². The minimum absolute atomic E-state index is 0.0315. The highest BCUT2D eigenvalue weighted by atomic mass is 19.1. The molecule has 1 saturated heterocycles. The van der Waals surface area contributed by atoms with Crippen LogP contribution >= 0.6 is 0 Å². The molecule has 2 aromatic heterocycles. The first-order valence-corrected chi connectivity index (χ1v) is 9.00. The first-order valence-electron chi connectivity index (χ1n) is 9.00. The Morgan fingerprint density at radius 2 is 2.07 bits per heavy atom. The summed E-state index contributed by atoms with van der Waals surface area (Å²) in [6.07, 6.45) is 4.92. The highest BCUT2D eigenvalue weighted by Crippen LogP contribution is 2.16. The number of hydrogen-bond acceptors (Lipinski definition) is 4. The van der Waals surface area contributed by atoms with Gasteiger partial charge >= 0.3 is 0 Å². The summed E-state index contributed by atoms with van der Waals surface area (Å²) in [6, 6.07) is 5.77. The molecule has 0 saturated carbocycles. The molecule has 0 bridgehead atoms. The number of aromatic nitrogens is 4. The van der Waals surface area contributed by atoms with Crippen molar-refractivity contribution in [2.75, 3.05) is 13.1 Å². The van der Waals surface area contributed by atoms with Crippen molar-refractivity contribution >= 4 is 16.9 Å². The largest absolute Gasteiger partial charge is 0.341 e. The van der Waals surface area contributed by atoms with Crippen molar-refractivity contribution in [2.24, 2.45) is 5.92 Å². The third-order valence-electron chi connectivity index (χ3n) is 4.94. The predicted molar refractivity (Wildman–Crippen MR) is 98.1 cm³/mol. The number of carbonyl (C=O) groups excluding carboxylic acids is 1. The van der Waals surface area contributed by atoms with E-state index in [1.807, 2.05) is 4.90 Å². The summed E-state index contributed by atoms with van der Waals surface area (Å²) in [7, 11) is 0. The minimum Gasteiger partial charge on any atom is -0.341 e. The van der Waals surface area contributed by atoms with E-state index < -0.39 is 0 Å². The molecule has 0 spiro atoms. The van der Waals surface area contributed by atoms with Crippen LogP contribution in [-0.4, -0.2) is 43.2 Å². The number of rotatable bonds is 3. The molecular weight excluding hydrogens is 349 g/mol. The van der Waals surface area contributed by atoms with Gasteiger partial charge in [-0.05, 0) is 43.0 Å². The highest BCUT2D eigenvalue weighted by Gasteiger charge is 2.22. The van der Waals surface area contributed by atoms with Crippen molar-refractivity contribution in [3.8, 4) is 5.69 Å². The van der Waals surface area contributed by atoms with Gasteiger partial charge in [0.05, 0.1) is 11.9 Å². The van der Waals surface area contributed by atoms with Crippen LogP contribution < -0.4 is 5.56 Å². The monoisotopic (exact) mass is 369 g/mol. The Labute approximate surface area is 155 Å². The maximum absolute atomic E-state index is 13.1. The summed E-state index contributed by atoms with van der Waals surface area (Å²) in [6.45, 7) is 3.56. The van der Waals surface area contributed by atoms with Crippen molar-refractivity contribution in [2.45, 2.75) is 26.3 Å². The van der Waals surface area contributed by atoms with Gasteiger partial charge in [-0.1, -0.05) is 6.92 Å². The van der Waals surface area contributed by atoms with E-state index in [9.17, 15) is 14.0 Å². The first kappa shape index (κ1) is 17.4. The Balaban J connectivity index is 1.62. The van der Waals surface area contributed by atoms with Crippen LogP contribution in [0.2, 0.25) is 0 Å². The summed E-state index contributed by atoms with van der Waals surface area (Å²) in [4.78, 5) is 31.4. The number of nitrogens with zero attached hydrogens (tertiary/aromatic N) is 5. The SMILES string of the molecule is C[C@@H]1CCCN(C(=O)Cn2cnc3c(cnn3-c3ccc(F)cc3)c2=O)C1. The van der Waals surface area contributed by atoms with E-state index >= 15 is 0 Å². The number of benzene rings is 1. The Kier molecular flexibility index (Phi) is 4.47. The zero-order valence-electron chi connectivity index (χ0n) is 15.0. The molecule has 1 fully saturated rings. The van der Waals surface area contributed by atoms with Crippen molar-refractivity contribution in [3.63, 3.8) is 0 Å². The van der Waals surface area contributed by atoms with E-state index in [1.54, 1.807) is 12.1 Å². The van der Waals surface area contributed by atoms with Gasteiger partial charge in [0, 0.05) is 13.1 Å². The molecule has 0 radical (unpaired) electrons. The molecular formula is C19H20FN5O2. The second kappa shape index (κ2) is 6.94. The molecule has 3 heterocycles. The van der Waals surface area contributed by atoms with E-state index in [-0.39, 0.29) is 23.8 Å². The fraction of sp³-hybridized carbons (Fsp3) is 0.368. The number of piperidine rings is 1. The predicted octanol–water partition coefficient (Wildman–Crippen LogP) is 1.98. The first-order chi connectivity index (χ1) is 13.0. The van der Waals surface area contributed by atoms with Gasteiger partial charge in [0.2, 0.25) is 5.91 Å². The summed E-state index contributed by atoms with van der Waals surface area (Å²) in [5.41, 5.74) is 0.670. The fourth-order valence-corrected chi connectivity index (χ4v) is 3.49. The molecule has 0 N–H and O–H groups in total. The Morgan fingerprint density at radius 3 is 2.81 bits per heavy atom. The fourth-order valence-electron chi connectivity index (χ4n) is 3.49. The lowest BCUT2D eigenvalue weighted by Crippen LogP contribution is -2.42.